The molecule has 0 bridgehead atoms. The van der Waals surface area contributed by atoms with Crippen LogP contribution in [0.25, 0.3) is 10.9 Å². The van der Waals surface area contributed by atoms with Crippen LogP contribution in [-0.4, -0.2) is 12.1 Å². The van der Waals surface area contributed by atoms with E-state index in [0.717, 1.165) is 22.2 Å². The largest absolute Gasteiger partial charge is 0.494 e. The number of benzene rings is 1. The number of pyridine rings is 1. The van der Waals surface area contributed by atoms with Crippen molar-refractivity contribution >= 4 is 10.9 Å². The fourth-order valence-corrected chi connectivity index (χ4v) is 2.44. The summed E-state index contributed by atoms with van der Waals surface area (Å²) < 4.78 is 5.37. The summed E-state index contributed by atoms with van der Waals surface area (Å²) in [6.07, 6.45) is 1.87. The minimum atomic E-state index is 0.0300. The van der Waals surface area contributed by atoms with Crippen LogP contribution in [0.15, 0.2) is 24.4 Å². The second kappa shape index (κ2) is 4.58. The lowest BCUT2D eigenvalue weighted by Crippen LogP contribution is -2.17. The van der Waals surface area contributed by atoms with Gasteiger partial charge in [-0.1, -0.05) is 32.9 Å². The van der Waals surface area contributed by atoms with E-state index in [0.29, 0.717) is 6.54 Å². The number of hydrogen-bond donors (Lipinski definition) is 1. The van der Waals surface area contributed by atoms with Crippen molar-refractivity contribution in [1.82, 2.24) is 4.98 Å². The molecule has 1 aromatic carbocycles. The molecule has 2 aromatic rings. The van der Waals surface area contributed by atoms with Gasteiger partial charge in [0, 0.05) is 18.1 Å². The van der Waals surface area contributed by atoms with Crippen LogP contribution in [0, 0.1) is 0 Å². The standard InChI is InChI=1S/C15H20N2O/c1-15(2,3)13-10(8-16)9-17-14-11(13)6-5-7-12(14)18-4/h5-7,9H,8,16H2,1-4H3. The number of aromatic nitrogens is 1. The number of methoxy groups -OCH3 is 1. The molecule has 96 valence electrons. The quantitative estimate of drug-likeness (QED) is 0.883. The fraction of sp³-hybridized carbons (Fsp3) is 0.400. The summed E-state index contributed by atoms with van der Waals surface area (Å²) in [5, 5.41) is 1.13. The highest BCUT2D eigenvalue weighted by Gasteiger charge is 2.21. The van der Waals surface area contributed by atoms with Crippen LogP contribution in [0.3, 0.4) is 0 Å². The second-order valence-electron chi connectivity index (χ2n) is 5.47. The lowest BCUT2D eigenvalue weighted by atomic mass is 9.82. The van der Waals surface area contributed by atoms with Crippen LogP contribution >= 0.6 is 0 Å². The number of fused-ring (bicyclic) bond motifs is 1. The molecule has 0 saturated carbocycles. The Morgan fingerprint density at radius 2 is 2.00 bits per heavy atom. The highest BCUT2D eigenvalue weighted by atomic mass is 16.5. The molecule has 2 N–H and O–H groups in total. The maximum absolute atomic E-state index is 5.84. The van der Waals surface area contributed by atoms with E-state index in [-0.39, 0.29) is 5.41 Å². The molecule has 0 radical (unpaired) electrons. The Balaban J connectivity index is 2.87. The molecule has 3 nitrogen and oxygen atoms in total. The van der Waals surface area contributed by atoms with Gasteiger partial charge in [-0.2, -0.15) is 0 Å². The lowest BCUT2D eigenvalue weighted by molar-refractivity contribution is 0.418. The van der Waals surface area contributed by atoms with Gasteiger partial charge in [0.15, 0.2) is 0 Å². The highest BCUT2D eigenvalue weighted by Crippen LogP contribution is 2.35. The van der Waals surface area contributed by atoms with Crippen molar-refractivity contribution in [2.24, 2.45) is 5.73 Å². The van der Waals surface area contributed by atoms with Gasteiger partial charge in [0.25, 0.3) is 0 Å². The van der Waals surface area contributed by atoms with Crippen LogP contribution in [0.4, 0.5) is 0 Å². The summed E-state index contributed by atoms with van der Waals surface area (Å²) in [6.45, 7) is 7.09. The molecule has 18 heavy (non-hydrogen) atoms. The van der Waals surface area contributed by atoms with E-state index >= 15 is 0 Å². The Labute approximate surface area is 108 Å². The number of rotatable bonds is 2. The summed E-state index contributed by atoms with van der Waals surface area (Å²) in [7, 11) is 1.67. The van der Waals surface area contributed by atoms with E-state index in [9.17, 15) is 0 Å². The SMILES string of the molecule is COc1cccc2c(C(C)(C)C)c(CN)cnc12. The Morgan fingerprint density at radius 3 is 2.56 bits per heavy atom. The van der Waals surface area contributed by atoms with E-state index in [1.807, 2.05) is 18.3 Å². The van der Waals surface area contributed by atoms with Gasteiger partial charge in [0.05, 0.1) is 7.11 Å². The minimum Gasteiger partial charge on any atom is -0.494 e. The first-order valence-corrected chi connectivity index (χ1v) is 6.14. The molecule has 1 aromatic heterocycles. The molecule has 2 rings (SSSR count). The Morgan fingerprint density at radius 1 is 1.28 bits per heavy atom. The number of nitrogens with zero attached hydrogens (tertiary/aromatic N) is 1. The van der Waals surface area contributed by atoms with Gasteiger partial charge in [0.2, 0.25) is 0 Å². The van der Waals surface area contributed by atoms with Crippen molar-refractivity contribution in [3.8, 4) is 5.75 Å². The minimum absolute atomic E-state index is 0.0300. The lowest BCUT2D eigenvalue weighted by Gasteiger charge is -2.24. The smallest absolute Gasteiger partial charge is 0.145 e. The van der Waals surface area contributed by atoms with E-state index in [2.05, 4.69) is 31.8 Å². The third-order valence-corrected chi connectivity index (χ3v) is 3.13. The van der Waals surface area contributed by atoms with E-state index in [1.165, 1.54) is 5.56 Å². The zero-order valence-corrected chi connectivity index (χ0v) is 11.4. The van der Waals surface area contributed by atoms with Gasteiger partial charge in [-0.15, -0.1) is 0 Å². The summed E-state index contributed by atoms with van der Waals surface area (Å²) in [5.41, 5.74) is 9.13. The topological polar surface area (TPSA) is 48.1 Å². The van der Waals surface area contributed by atoms with Gasteiger partial charge in [0.1, 0.15) is 11.3 Å². The molecule has 0 fully saturated rings. The van der Waals surface area contributed by atoms with Gasteiger partial charge >= 0.3 is 0 Å². The fourth-order valence-electron chi connectivity index (χ4n) is 2.44. The first kappa shape index (κ1) is 12.8. The molecule has 0 aliphatic heterocycles. The van der Waals surface area contributed by atoms with Crippen LogP contribution in [-0.2, 0) is 12.0 Å². The number of hydrogen-bond acceptors (Lipinski definition) is 3. The molecule has 0 aliphatic rings. The summed E-state index contributed by atoms with van der Waals surface area (Å²) in [4.78, 5) is 4.49. The van der Waals surface area contributed by atoms with Crippen molar-refractivity contribution < 1.29 is 4.74 Å². The highest BCUT2D eigenvalue weighted by molar-refractivity contribution is 5.89. The molecular formula is C15H20N2O. The van der Waals surface area contributed by atoms with Gasteiger partial charge in [-0.3, -0.25) is 4.98 Å². The van der Waals surface area contributed by atoms with E-state index in [4.69, 9.17) is 10.5 Å². The molecule has 1 heterocycles. The number of nitrogens with two attached hydrogens (primary N) is 1. The van der Waals surface area contributed by atoms with E-state index < -0.39 is 0 Å². The van der Waals surface area contributed by atoms with Gasteiger partial charge in [-0.05, 0) is 22.6 Å². The van der Waals surface area contributed by atoms with Crippen molar-refractivity contribution in [1.29, 1.82) is 0 Å². The number of ether oxygens (including phenoxy) is 1. The monoisotopic (exact) mass is 244 g/mol. The number of para-hydroxylation sites is 1. The van der Waals surface area contributed by atoms with Crippen molar-refractivity contribution in [3.05, 3.63) is 35.5 Å². The molecule has 0 unspecified atom stereocenters. The summed E-state index contributed by atoms with van der Waals surface area (Å²) >= 11 is 0. The Kier molecular flexibility index (Phi) is 3.26. The first-order chi connectivity index (χ1) is 8.49. The van der Waals surface area contributed by atoms with Gasteiger partial charge < -0.3 is 10.5 Å². The van der Waals surface area contributed by atoms with Crippen molar-refractivity contribution in [3.63, 3.8) is 0 Å². The third-order valence-electron chi connectivity index (χ3n) is 3.13. The predicted octanol–water partition coefficient (Wildman–Crippen LogP) is 3.00. The first-order valence-electron chi connectivity index (χ1n) is 6.14. The van der Waals surface area contributed by atoms with Gasteiger partial charge in [-0.25, -0.2) is 0 Å². The van der Waals surface area contributed by atoms with Crippen molar-refractivity contribution in [2.75, 3.05) is 7.11 Å². The maximum atomic E-state index is 5.84. The maximum Gasteiger partial charge on any atom is 0.145 e. The molecule has 0 aliphatic carbocycles. The Hall–Kier alpha value is -1.61. The van der Waals surface area contributed by atoms with Crippen molar-refractivity contribution in [2.45, 2.75) is 32.7 Å². The van der Waals surface area contributed by atoms with Crippen LogP contribution in [0.1, 0.15) is 31.9 Å². The molecule has 0 amide bonds. The molecule has 0 atom stereocenters. The average molecular weight is 244 g/mol. The van der Waals surface area contributed by atoms with Crippen LogP contribution in [0.5, 0.6) is 5.75 Å². The zero-order chi connectivity index (χ0) is 13.3. The van der Waals surface area contributed by atoms with E-state index in [1.54, 1.807) is 7.11 Å². The molecule has 0 spiro atoms. The summed E-state index contributed by atoms with van der Waals surface area (Å²) in [5.74, 6) is 0.807. The second-order valence-corrected chi connectivity index (χ2v) is 5.47. The normalized spacial score (nSPS) is 11.8. The summed E-state index contributed by atoms with van der Waals surface area (Å²) in [6, 6.07) is 6.02. The molecular weight excluding hydrogens is 224 g/mol. The zero-order valence-electron chi connectivity index (χ0n) is 11.4. The molecule has 0 saturated heterocycles. The molecule has 3 heteroatoms. The average Bonchev–Trinajstić information content (AvgIpc) is 2.35. The predicted molar refractivity (Wildman–Crippen MR) is 74.9 cm³/mol. The van der Waals surface area contributed by atoms with Crippen LogP contribution < -0.4 is 10.5 Å². The van der Waals surface area contributed by atoms with Crippen LogP contribution in [0.2, 0.25) is 0 Å². The third kappa shape index (κ3) is 2.06. The Bertz CT molecular complexity index is 570.